The second-order valence-electron chi connectivity index (χ2n) is 5.77. The number of amides is 1. The zero-order valence-corrected chi connectivity index (χ0v) is 11.9. The summed E-state index contributed by atoms with van der Waals surface area (Å²) in [5.41, 5.74) is 1.50. The van der Waals surface area contributed by atoms with Crippen LogP contribution < -0.4 is 5.32 Å². The van der Waals surface area contributed by atoms with Gasteiger partial charge >= 0.3 is 0 Å². The van der Waals surface area contributed by atoms with Crippen LogP contribution in [0.1, 0.15) is 29.8 Å². The van der Waals surface area contributed by atoms with E-state index in [9.17, 15) is 4.79 Å². The van der Waals surface area contributed by atoms with Gasteiger partial charge in [0.1, 0.15) is 0 Å². The Bertz CT molecular complexity index is 628. The molecule has 1 fully saturated rings. The molecule has 3 rings (SSSR count). The topological polar surface area (TPSA) is 61.0 Å². The van der Waals surface area contributed by atoms with Gasteiger partial charge in [0.15, 0.2) is 5.69 Å². The van der Waals surface area contributed by atoms with Crippen molar-refractivity contribution in [2.45, 2.75) is 24.8 Å². The molecule has 1 aliphatic carbocycles. The monoisotopic (exact) mass is 272 g/mol. The highest BCUT2D eigenvalue weighted by molar-refractivity contribution is 6.04. The number of carbonyl (C=O) groups is 1. The maximum atomic E-state index is 12.3. The SMILES string of the molecule is CN(C)C1(CNC(=O)c2n[nH]c3ccccc23)CCC1. The van der Waals surface area contributed by atoms with Crippen LogP contribution in [0.5, 0.6) is 0 Å². The molecule has 0 bridgehead atoms. The first-order valence-corrected chi connectivity index (χ1v) is 7.01. The average molecular weight is 272 g/mol. The van der Waals surface area contributed by atoms with Crippen LogP contribution in [0.2, 0.25) is 0 Å². The van der Waals surface area contributed by atoms with Crippen molar-refractivity contribution in [3.05, 3.63) is 30.0 Å². The Morgan fingerprint density at radius 3 is 2.80 bits per heavy atom. The molecule has 0 unspecified atom stereocenters. The van der Waals surface area contributed by atoms with E-state index in [2.05, 4.69) is 34.5 Å². The molecular formula is C15H20N4O. The van der Waals surface area contributed by atoms with Crippen LogP contribution in [0.25, 0.3) is 10.9 Å². The van der Waals surface area contributed by atoms with Crippen molar-refractivity contribution in [3.8, 4) is 0 Å². The molecule has 2 N–H and O–H groups in total. The summed E-state index contributed by atoms with van der Waals surface area (Å²) in [7, 11) is 4.16. The number of nitrogens with one attached hydrogen (secondary N) is 2. The predicted octanol–water partition coefficient (Wildman–Crippen LogP) is 1.78. The number of aromatic amines is 1. The molecule has 2 aromatic rings. The van der Waals surface area contributed by atoms with Gasteiger partial charge < -0.3 is 10.2 Å². The van der Waals surface area contributed by atoms with Crippen molar-refractivity contribution in [1.82, 2.24) is 20.4 Å². The predicted molar refractivity (Wildman–Crippen MR) is 78.7 cm³/mol. The first-order chi connectivity index (χ1) is 9.62. The van der Waals surface area contributed by atoms with E-state index in [0.29, 0.717) is 12.2 Å². The van der Waals surface area contributed by atoms with Gasteiger partial charge in [0, 0.05) is 17.5 Å². The van der Waals surface area contributed by atoms with Crippen LogP contribution in [0.4, 0.5) is 0 Å². The number of likely N-dealkylation sites (N-methyl/N-ethyl adjacent to an activating group) is 1. The second-order valence-corrected chi connectivity index (χ2v) is 5.77. The van der Waals surface area contributed by atoms with E-state index in [1.54, 1.807) is 0 Å². The van der Waals surface area contributed by atoms with Gasteiger partial charge in [-0.15, -0.1) is 0 Å². The van der Waals surface area contributed by atoms with E-state index in [1.165, 1.54) is 6.42 Å². The zero-order chi connectivity index (χ0) is 14.2. The third-order valence-corrected chi connectivity index (χ3v) is 4.50. The van der Waals surface area contributed by atoms with E-state index in [1.807, 2.05) is 24.3 Å². The number of hydrogen-bond acceptors (Lipinski definition) is 3. The maximum absolute atomic E-state index is 12.3. The summed E-state index contributed by atoms with van der Waals surface area (Å²) in [5, 5.41) is 10.9. The quantitative estimate of drug-likeness (QED) is 0.892. The Labute approximate surface area is 118 Å². The molecule has 1 aromatic heterocycles. The third kappa shape index (κ3) is 2.08. The molecule has 0 atom stereocenters. The van der Waals surface area contributed by atoms with Crippen molar-refractivity contribution in [2.24, 2.45) is 0 Å². The first kappa shape index (κ1) is 13.1. The highest BCUT2D eigenvalue weighted by atomic mass is 16.1. The van der Waals surface area contributed by atoms with Gasteiger partial charge in [-0.3, -0.25) is 9.89 Å². The minimum atomic E-state index is -0.101. The van der Waals surface area contributed by atoms with Crippen LogP contribution in [-0.2, 0) is 0 Å². The molecule has 1 heterocycles. The Morgan fingerprint density at radius 1 is 1.40 bits per heavy atom. The summed E-state index contributed by atoms with van der Waals surface area (Å²) < 4.78 is 0. The van der Waals surface area contributed by atoms with Crippen LogP contribution in [-0.4, -0.2) is 47.2 Å². The fourth-order valence-corrected chi connectivity index (χ4v) is 2.83. The Hall–Kier alpha value is -1.88. The summed E-state index contributed by atoms with van der Waals surface area (Å²) in [6.45, 7) is 0.681. The highest BCUT2D eigenvalue weighted by Gasteiger charge is 2.39. The Balaban J connectivity index is 1.74. The minimum absolute atomic E-state index is 0.101. The van der Waals surface area contributed by atoms with E-state index >= 15 is 0 Å². The van der Waals surface area contributed by atoms with Gasteiger partial charge in [-0.1, -0.05) is 18.2 Å². The lowest BCUT2D eigenvalue weighted by atomic mass is 9.75. The standard InChI is InChI=1S/C15H20N4O/c1-19(2)15(8-5-9-15)10-16-14(20)13-11-6-3-4-7-12(11)17-18-13/h3-4,6-7H,5,8-10H2,1-2H3,(H,16,20)(H,17,18). The molecule has 0 aliphatic heterocycles. The number of nitrogens with zero attached hydrogens (tertiary/aromatic N) is 2. The van der Waals surface area contributed by atoms with Gasteiger partial charge in [0.2, 0.25) is 0 Å². The van der Waals surface area contributed by atoms with Crippen molar-refractivity contribution in [1.29, 1.82) is 0 Å². The molecule has 20 heavy (non-hydrogen) atoms. The highest BCUT2D eigenvalue weighted by Crippen LogP contribution is 2.35. The lowest BCUT2D eigenvalue weighted by Crippen LogP contribution is -2.57. The lowest BCUT2D eigenvalue weighted by Gasteiger charge is -2.47. The van der Waals surface area contributed by atoms with E-state index in [-0.39, 0.29) is 11.4 Å². The largest absolute Gasteiger partial charge is 0.349 e. The summed E-state index contributed by atoms with van der Waals surface area (Å²) in [4.78, 5) is 14.5. The fraction of sp³-hybridized carbons (Fsp3) is 0.467. The van der Waals surface area contributed by atoms with Gasteiger partial charge in [-0.25, -0.2) is 0 Å². The van der Waals surface area contributed by atoms with Crippen molar-refractivity contribution in [2.75, 3.05) is 20.6 Å². The second kappa shape index (κ2) is 4.90. The number of hydrogen-bond donors (Lipinski definition) is 2. The molecule has 0 spiro atoms. The molecule has 5 heteroatoms. The van der Waals surface area contributed by atoms with Crippen molar-refractivity contribution >= 4 is 16.8 Å². The van der Waals surface area contributed by atoms with Gasteiger partial charge in [0.05, 0.1) is 5.52 Å². The average Bonchev–Trinajstić information content (AvgIpc) is 2.80. The summed E-state index contributed by atoms with van der Waals surface area (Å²) in [6, 6.07) is 7.69. The molecule has 5 nitrogen and oxygen atoms in total. The van der Waals surface area contributed by atoms with Gasteiger partial charge in [-0.05, 0) is 39.4 Å². The van der Waals surface area contributed by atoms with Gasteiger partial charge in [0.25, 0.3) is 5.91 Å². The smallest absolute Gasteiger partial charge is 0.272 e. The number of para-hydroxylation sites is 1. The number of H-pyrrole nitrogens is 1. The lowest BCUT2D eigenvalue weighted by molar-refractivity contribution is 0.0556. The van der Waals surface area contributed by atoms with Crippen molar-refractivity contribution < 1.29 is 4.79 Å². The molecule has 1 aliphatic rings. The minimum Gasteiger partial charge on any atom is -0.349 e. The summed E-state index contributed by atoms with van der Waals surface area (Å²) in [6.07, 6.45) is 3.52. The zero-order valence-electron chi connectivity index (χ0n) is 11.9. The van der Waals surface area contributed by atoms with Crippen molar-refractivity contribution in [3.63, 3.8) is 0 Å². The fourth-order valence-electron chi connectivity index (χ4n) is 2.83. The van der Waals surface area contributed by atoms with Crippen LogP contribution >= 0.6 is 0 Å². The number of carbonyl (C=O) groups excluding carboxylic acids is 1. The third-order valence-electron chi connectivity index (χ3n) is 4.50. The Kier molecular flexibility index (Phi) is 3.22. The number of aromatic nitrogens is 2. The molecule has 1 aromatic carbocycles. The molecule has 0 radical (unpaired) electrons. The number of rotatable bonds is 4. The van der Waals surface area contributed by atoms with E-state index in [0.717, 1.165) is 23.7 Å². The molecule has 0 saturated heterocycles. The molecule has 106 valence electrons. The summed E-state index contributed by atoms with van der Waals surface area (Å²) in [5.74, 6) is -0.101. The van der Waals surface area contributed by atoms with Crippen LogP contribution in [0, 0.1) is 0 Å². The number of benzene rings is 1. The van der Waals surface area contributed by atoms with Crippen LogP contribution in [0.15, 0.2) is 24.3 Å². The molecule has 1 saturated carbocycles. The van der Waals surface area contributed by atoms with E-state index < -0.39 is 0 Å². The maximum Gasteiger partial charge on any atom is 0.272 e. The summed E-state index contributed by atoms with van der Waals surface area (Å²) >= 11 is 0. The normalized spacial score (nSPS) is 17.1. The van der Waals surface area contributed by atoms with E-state index in [4.69, 9.17) is 0 Å². The molecular weight excluding hydrogens is 252 g/mol. The number of fused-ring (bicyclic) bond motifs is 1. The Morgan fingerprint density at radius 2 is 2.15 bits per heavy atom. The van der Waals surface area contributed by atoms with Crippen LogP contribution in [0.3, 0.4) is 0 Å². The first-order valence-electron chi connectivity index (χ1n) is 7.01. The molecule has 1 amide bonds. The van der Waals surface area contributed by atoms with Gasteiger partial charge in [-0.2, -0.15) is 5.10 Å².